The van der Waals surface area contributed by atoms with Gasteiger partial charge in [0.05, 0.1) is 0 Å². The molecule has 0 aliphatic heterocycles. The molecule has 1 nitrogen and oxygen atoms in total. The summed E-state index contributed by atoms with van der Waals surface area (Å²) in [6, 6.07) is 0. The van der Waals surface area contributed by atoms with Crippen LogP contribution in [0.1, 0.15) is 278 Å². The molecule has 0 aliphatic carbocycles. The number of hydrogen-bond acceptors (Lipinski definition) is 1. The lowest BCUT2D eigenvalue weighted by Gasteiger charge is -2.30. The van der Waals surface area contributed by atoms with Crippen molar-refractivity contribution in [2.45, 2.75) is 283 Å². The van der Waals surface area contributed by atoms with E-state index in [1.54, 1.807) is 0 Å². The predicted octanol–water partition coefficient (Wildman–Crippen LogP) is 16.3. The molecule has 0 heterocycles. The van der Waals surface area contributed by atoms with Crippen LogP contribution in [-0.2, 0) is 0 Å². The molecule has 0 saturated carbocycles. The number of nitrogens with two attached hydrogens (primary N) is 1. The van der Waals surface area contributed by atoms with Gasteiger partial charge < -0.3 is 5.73 Å². The van der Waals surface area contributed by atoms with Crippen molar-refractivity contribution in [2.75, 3.05) is 0 Å². The number of hydrogen-bond donors (Lipinski definition) is 1. The molecule has 0 aromatic rings. The Labute approximate surface area is 288 Å². The van der Waals surface area contributed by atoms with E-state index in [1.807, 2.05) is 0 Å². The van der Waals surface area contributed by atoms with Crippen molar-refractivity contribution < 1.29 is 0 Å². The van der Waals surface area contributed by atoms with Crippen molar-refractivity contribution in [1.82, 2.24) is 0 Å². The van der Waals surface area contributed by atoms with Crippen LogP contribution in [0, 0.1) is 0 Å². The molecule has 272 valence electrons. The van der Waals surface area contributed by atoms with Gasteiger partial charge in [0.1, 0.15) is 0 Å². The first-order chi connectivity index (χ1) is 22.2. The Kier molecular flexibility index (Phi) is 38.4. The fourth-order valence-corrected chi connectivity index (χ4v) is 7.51. The molecule has 0 atom stereocenters. The van der Waals surface area contributed by atoms with E-state index in [-0.39, 0.29) is 5.54 Å². The van der Waals surface area contributed by atoms with E-state index in [0.717, 1.165) is 0 Å². The Bertz CT molecular complexity index is 485. The molecule has 0 rings (SSSR count). The second kappa shape index (κ2) is 38.4. The minimum Gasteiger partial charge on any atom is -0.325 e. The highest BCUT2D eigenvalue weighted by Crippen LogP contribution is 2.27. The van der Waals surface area contributed by atoms with Gasteiger partial charge in [-0.1, -0.05) is 258 Å². The molecule has 0 amide bonds. The smallest absolute Gasteiger partial charge is 0.0154 e. The quantitative estimate of drug-likeness (QED) is 0.0667. The Morgan fingerprint density at radius 1 is 0.222 bits per heavy atom. The van der Waals surface area contributed by atoms with Crippen molar-refractivity contribution in [3.63, 3.8) is 0 Å². The summed E-state index contributed by atoms with van der Waals surface area (Å²) in [6.07, 6.45) is 57.0. The Morgan fingerprint density at radius 2 is 0.356 bits per heavy atom. The van der Waals surface area contributed by atoms with Gasteiger partial charge in [-0.2, -0.15) is 0 Å². The first-order valence-electron chi connectivity index (χ1n) is 22.0. The van der Waals surface area contributed by atoms with E-state index in [9.17, 15) is 0 Å². The molecule has 0 spiro atoms. The zero-order valence-corrected chi connectivity index (χ0v) is 32.4. The van der Waals surface area contributed by atoms with Crippen molar-refractivity contribution in [2.24, 2.45) is 5.73 Å². The Morgan fingerprint density at radius 3 is 0.511 bits per heavy atom. The van der Waals surface area contributed by atoms with E-state index in [2.05, 4.69) is 20.8 Å². The highest BCUT2D eigenvalue weighted by Gasteiger charge is 2.23. The first kappa shape index (κ1) is 45.0. The average molecular weight is 634 g/mol. The van der Waals surface area contributed by atoms with Gasteiger partial charge in [0.25, 0.3) is 0 Å². The van der Waals surface area contributed by atoms with Crippen molar-refractivity contribution in [3.8, 4) is 0 Å². The van der Waals surface area contributed by atoms with E-state index >= 15 is 0 Å². The van der Waals surface area contributed by atoms with Crippen LogP contribution in [0.4, 0.5) is 0 Å². The number of unbranched alkanes of at least 4 members (excludes halogenated alkanes) is 34. The molecule has 0 aliphatic rings. The van der Waals surface area contributed by atoms with E-state index in [0.29, 0.717) is 0 Å². The normalized spacial score (nSPS) is 12.0. The van der Waals surface area contributed by atoms with Gasteiger partial charge in [-0.05, 0) is 19.3 Å². The molecule has 0 bridgehead atoms. The van der Waals surface area contributed by atoms with E-state index in [1.165, 1.54) is 257 Å². The van der Waals surface area contributed by atoms with Crippen molar-refractivity contribution >= 4 is 0 Å². The van der Waals surface area contributed by atoms with Gasteiger partial charge in [0.15, 0.2) is 0 Å². The molecule has 0 radical (unpaired) electrons. The lowest BCUT2D eigenvalue weighted by molar-refractivity contribution is 0.302. The van der Waals surface area contributed by atoms with Crippen LogP contribution in [0.25, 0.3) is 0 Å². The SMILES string of the molecule is CCCCCCCCCCCCCCCC(N)(CCCCCCCCCCCCCC)CCCCCCCCCCCCCC. The molecular formula is C44H91N. The molecule has 1 heteroatoms. The van der Waals surface area contributed by atoms with Gasteiger partial charge in [-0.15, -0.1) is 0 Å². The van der Waals surface area contributed by atoms with Crippen molar-refractivity contribution in [1.29, 1.82) is 0 Å². The maximum Gasteiger partial charge on any atom is 0.0154 e. The monoisotopic (exact) mass is 634 g/mol. The molecule has 0 aromatic heterocycles. The minimum atomic E-state index is 0.120. The standard InChI is InChI=1S/C44H91N/c1-4-7-10-13-16-19-22-25-28-31-34-37-40-43-44(45,41-38-35-32-29-26-23-20-17-14-11-8-5-2)42-39-36-33-30-27-24-21-18-15-12-9-6-3/h4-43,45H2,1-3H3. The van der Waals surface area contributed by atoms with Crippen LogP contribution in [0.2, 0.25) is 0 Å². The summed E-state index contributed by atoms with van der Waals surface area (Å²) in [7, 11) is 0. The second-order valence-electron chi connectivity index (χ2n) is 15.6. The van der Waals surface area contributed by atoms with Gasteiger partial charge in [0, 0.05) is 5.54 Å². The summed E-state index contributed by atoms with van der Waals surface area (Å²) in [5.74, 6) is 0. The minimum absolute atomic E-state index is 0.120. The summed E-state index contributed by atoms with van der Waals surface area (Å²) in [5, 5.41) is 0. The molecule has 2 N–H and O–H groups in total. The van der Waals surface area contributed by atoms with E-state index < -0.39 is 0 Å². The van der Waals surface area contributed by atoms with Gasteiger partial charge >= 0.3 is 0 Å². The molecule has 0 saturated heterocycles. The summed E-state index contributed by atoms with van der Waals surface area (Å²) in [6.45, 7) is 6.94. The number of rotatable bonds is 40. The summed E-state index contributed by atoms with van der Waals surface area (Å²) >= 11 is 0. The van der Waals surface area contributed by atoms with Gasteiger partial charge in [-0.3, -0.25) is 0 Å². The third kappa shape index (κ3) is 36.6. The zero-order chi connectivity index (χ0) is 32.8. The van der Waals surface area contributed by atoms with Gasteiger partial charge in [-0.25, -0.2) is 0 Å². The van der Waals surface area contributed by atoms with Gasteiger partial charge in [0.2, 0.25) is 0 Å². The van der Waals surface area contributed by atoms with Crippen LogP contribution in [0.15, 0.2) is 0 Å². The summed E-state index contributed by atoms with van der Waals surface area (Å²) < 4.78 is 0. The molecular weight excluding hydrogens is 542 g/mol. The Hall–Kier alpha value is -0.0400. The Balaban J connectivity index is 4.06. The second-order valence-corrected chi connectivity index (χ2v) is 15.6. The first-order valence-corrected chi connectivity index (χ1v) is 22.0. The lowest BCUT2D eigenvalue weighted by Crippen LogP contribution is -2.39. The summed E-state index contributed by atoms with van der Waals surface area (Å²) in [4.78, 5) is 0. The van der Waals surface area contributed by atoms with Crippen LogP contribution < -0.4 is 5.73 Å². The highest BCUT2D eigenvalue weighted by molar-refractivity contribution is 4.84. The van der Waals surface area contributed by atoms with Crippen LogP contribution >= 0.6 is 0 Å². The third-order valence-corrected chi connectivity index (χ3v) is 10.8. The zero-order valence-electron chi connectivity index (χ0n) is 32.4. The lowest BCUT2D eigenvalue weighted by atomic mass is 9.82. The van der Waals surface area contributed by atoms with Crippen molar-refractivity contribution in [3.05, 3.63) is 0 Å². The highest BCUT2D eigenvalue weighted by atomic mass is 14.7. The molecule has 45 heavy (non-hydrogen) atoms. The topological polar surface area (TPSA) is 26.0 Å². The average Bonchev–Trinajstić information content (AvgIpc) is 3.04. The third-order valence-electron chi connectivity index (χ3n) is 10.8. The molecule has 0 unspecified atom stereocenters. The predicted molar refractivity (Wildman–Crippen MR) is 209 cm³/mol. The largest absolute Gasteiger partial charge is 0.325 e. The fraction of sp³-hybridized carbons (Fsp3) is 1.00. The molecule has 0 fully saturated rings. The van der Waals surface area contributed by atoms with E-state index in [4.69, 9.17) is 5.73 Å². The maximum absolute atomic E-state index is 7.20. The maximum atomic E-state index is 7.20. The molecule has 0 aromatic carbocycles. The van der Waals surface area contributed by atoms with Crippen LogP contribution in [-0.4, -0.2) is 5.54 Å². The fourth-order valence-electron chi connectivity index (χ4n) is 7.51. The van der Waals surface area contributed by atoms with Crippen LogP contribution in [0.3, 0.4) is 0 Å². The summed E-state index contributed by atoms with van der Waals surface area (Å²) in [5.41, 5.74) is 7.32. The van der Waals surface area contributed by atoms with Crippen LogP contribution in [0.5, 0.6) is 0 Å².